The second-order valence-electron chi connectivity index (χ2n) is 5.42. The number of thiophene rings is 1. The number of amides is 1. The van der Waals surface area contributed by atoms with Crippen LogP contribution in [0.1, 0.15) is 36.0 Å². The van der Waals surface area contributed by atoms with Crippen molar-refractivity contribution in [3.63, 3.8) is 0 Å². The molecule has 1 amide bonds. The van der Waals surface area contributed by atoms with Gasteiger partial charge in [-0.1, -0.05) is 23.2 Å². The van der Waals surface area contributed by atoms with Gasteiger partial charge in [-0.2, -0.15) is 0 Å². The van der Waals surface area contributed by atoms with E-state index in [1.807, 2.05) is 11.9 Å². The van der Waals surface area contributed by atoms with E-state index in [1.54, 1.807) is 6.07 Å². The fraction of sp³-hybridized carbons (Fsp3) is 0.615. The molecule has 2 aliphatic rings. The average Bonchev–Trinajstić information content (AvgIpc) is 2.89. The van der Waals surface area contributed by atoms with E-state index in [-0.39, 0.29) is 5.91 Å². The quantitative estimate of drug-likeness (QED) is 0.906. The van der Waals surface area contributed by atoms with Crippen molar-refractivity contribution in [3.8, 4) is 0 Å². The summed E-state index contributed by atoms with van der Waals surface area (Å²) in [5, 5.41) is 3.59. The zero-order valence-corrected chi connectivity index (χ0v) is 13.0. The van der Waals surface area contributed by atoms with Gasteiger partial charge < -0.3 is 10.2 Å². The van der Waals surface area contributed by atoms with E-state index in [2.05, 4.69) is 5.32 Å². The summed E-state index contributed by atoms with van der Waals surface area (Å²) in [6.45, 7) is 0. The fourth-order valence-corrected chi connectivity index (χ4v) is 4.63. The lowest BCUT2D eigenvalue weighted by atomic mass is 9.98. The van der Waals surface area contributed by atoms with Crippen LogP contribution in [0.3, 0.4) is 0 Å². The number of carbonyl (C=O) groups is 1. The maximum absolute atomic E-state index is 12.5. The van der Waals surface area contributed by atoms with Crippen LogP contribution in [-0.4, -0.2) is 36.0 Å². The van der Waals surface area contributed by atoms with Crippen molar-refractivity contribution in [2.45, 2.75) is 43.8 Å². The molecule has 3 nitrogen and oxygen atoms in total. The van der Waals surface area contributed by atoms with Crippen molar-refractivity contribution < 1.29 is 4.79 Å². The first-order valence-electron chi connectivity index (χ1n) is 6.52. The SMILES string of the molecule is CN(C(=O)c1cc(Cl)sc1Cl)C1CC2CCC(C1)N2. The molecule has 2 bridgehead atoms. The molecule has 0 aliphatic carbocycles. The molecule has 2 unspecified atom stereocenters. The first kappa shape index (κ1) is 13.7. The van der Waals surface area contributed by atoms with E-state index < -0.39 is 0 Å². The summed E-state index contributed by atoms with van der Waals surface area (Å²) in [6.07, 6.45) is 4.53. The molecule has 2 fully saturated rings. The topological polar surface area (TPSA) is 32.3 Å². The molecule has 3 heterocycles. The highest BCUT2D eigenvalue weighted by Crippen LogP contribution is 2.34. The van der Waals surface area contributed by atoms with Crippen LogP contribution in [0.25, 0.3) is 0 Å². The number of halogens is 2. The number of hydrogen-bond donors (Lipinski definition) is 1. The molecule has 6 heteroatoms. The number of carbonyl (C=O) groups excluding carboxylic acids is 1. The van der Waals surface area contributed by atoms with E-state index in [0.717, 1.165) is 12.8 Å². The van der Waals surface area contributed by atoms with Crippen molar-refractivity contribution in [1.82, 2.24) is 10.2 Å². The van der Waals surface area contributed by atoms with Crippen LogP contribution in [0.15, 0.2) is 6.07 Å². The number of piperidine rings is 1. The molecule has 1 aromatic heterocycles. The van der Waals surface area contributed by atoms with Gasteiger partial charge in [0.25, 0.3) is 5.91 Å². The molecule has 2 atom stereocenters. The Hall–Kier alpha value is -0.290. The molecule has 0 aromatic carbocycles. The smallest absolute Gasteiger partial charge is 0.256 e. The number of rotatable bonds is 2. The number of nitrogens with zero attached hydrogens (tertiary/aromatic N) is 1. The molecule has 0 radical (unpaired) electrons. The van der Waals surface area contributed by atoms with Crippen molar-refractivity contribution in [2.24, 2.45) is 0 Å². The maximum Gasteiger partial charge on any atom is 0.256 e. The van der Waals surface area contributed by atoms with E-state index in [9.17, 15) is 4.79 Å². The minimum Gasteiger partial charge on any atom is -0.339 e. The standard InChI is InChI=1S/C13H16Cl2N2OS/c1-17(9-4-7-2-3-8(5-9)16-7)13(18)10-6-11(14)19-12(10)15/h6-9,16H,2-5H2,1H3. The Morgan fingerprint density at radius 3 is 2.53 bits per heavy atom. The summed E-state index contributed by atoms with van der Waals surface area (Å²) < 4.78 is 1.05. The Bertz CT molecular complexity index is 493. The zero-order chi connectivity index (χ0) is 13.6. The molecule has 2 saturated heterocycles. The Morgan fingerprint density at radius 2 is 2.00 bits per heavy atom. The van der Waals surface area contributed by atoms with Crippen molar-refractivity contribution in [3.05, 3.63) is 20.3 Å². The fourth-order valence-electron chi connectivity index (χ4n) is 3.19. The predicted molar refractivity (Wildman–Crippen MR) is 79.4 cm³/mol. The van der Waals surface area contributed by atoms with Gasteiger partial charge in [-0.05, 0) is 31.7 Å². The molecule has 104 valence electrons. The molecule has 2 aliphatic heterocycles. The van der Waals surface area contributed by atoms with Crippen molar-refractivity contribution >= 4 is 40.4 Å². The van der Waals surface area contributed by atoms with Gasteiger partial charge in [-0.15, -0.1) is 11.3 Å². The van der Waals surface area contributed by atoms with Gasteiger partial charge in [0.15, 0.2) is 0 Å². The number of hydrogen-bond acceptors (Lipinski definition) is 3. The largest absolute Gasteiger partial charge is 0.339 e. The first-order chi connectivity index (χ1) is 9.04. The monoisotopic (exact) mass is 318 g/mol. The van der Waals surface area contributed by atoms with Crippen molar-refractivity contribution in [2.75, 3.05) is 7.05 Å². The van der Waals surface area contributed by atoms with Gasteiger partial charge in [-0.3, -0.25) is 4.79 Å². The minimum absolute atomic E-state index is 0.0144. The van der Waals surface area contributed by atoms with Crippen molar-refractivity contribution in [1.29, 1.82) is 0 Å². The Kier molecular flexibility index (Phi) is 3.78. The highest BCUT2D eigenvalue weighted by molar-refractivity contribution is 7.20. The van der Waals surface area contributed by atoms with Crippen LogP contribution in [0.4, 0.5) is 0 Å². The molecule has 0 saturated carbocycles. The highest BCUT2D eigenvalue weighted by atomic mass is 35.5. The summed E-state index contributed by atoms with van der Waals surface area (Å²) in [5.41, 5.74) is 0.532. The van der Waals surface area contributed by atoms with Gasteiger partial charge in [0.2, 0.25) is 0 Å². The lowest BCUT2D eigenvalue weighted by molar-refractivity contribution is 0.0682. The third-order valence-electron chi connectivity index (χ3n) is 4.20. The second kappa shape index (κ2) is 5.24. The summed E-state index contributed by atoms with van der Waals surface area (Å²) in [7, 11) is 1.87. The summed E-state index contributed by atoms with van der Waals surface area (Å²) in [5.74, 6) is -0.0144. The third kappa shape index (κ3) is 2.64. The Balaban J connectivity index is 1.75. The molecule has 1 aromatic rings. The van der Waals surface area contributed by atoms with E-state index in [1.165, 1.54) is 24.2 Å². The Labute approximate surface area is 126 Å². The van der Waals surface area contributed by atoms with E-state index in [0.29, 0.717) is 32.4 Å². The van der Waals surface area contributed by atoms with Crippen LogP contribution >= 0.6 is 34.5 Å². The Morgan fingerprint density at radius 1 is 1.37 bits per heavy atom. The molecule has 0 spiro atoms. The summed E-state index contributed by atoms with van der Waals surface area (Å²) in [6, 6.07) is 3.12. The van der Waals surface area contributed by atoms with Crippen LogP contribution < -0.4 is 5.32 Å². The lowest BCUT2D eigenvalue weighted by Crippen LogP contribution is -2.48. The van der Waals surface area contributed by atoms with Crippen LogP contribution in [0.2, 0.25) is 8.67 Å². The van der Waals surface area contributed by atoms with E-state index >= 15 is 0 Å². The van der Waals surface area contributed by atoms with Gasteiger partial charge in [0.1, 0.15) is 4.34 Å². The normalized spacial score (nSPS) is 29.5. The molecular formula is C13H16Cl2N2OS. The zero-order valence-electron chi connectivity index (χ0n) is 10.7. The van der Waals surface area contributed by atoms with Gasteiger partial charge >= 0.3 is 0 Å². The summed E-state index contributed by atoms with van der Waals surface area (Å²) >= 11 is 13.2. The van der Waals surface area contributed by atoms with Gasteiger partial charge in [0.05, 0.1) is 9.90 Å². The van der Waals surface area contributed by atoms with E-state index in [4.69, 9.17) is 23.2 Å². The molecule has 3 rings (SSSR count). The van der Waals surface area contributed by atoms with Gasteiger partial charge in [-0.25, -0.2) is 0 Å². The molecular weight excluding hydrogens is 303 g/mol. The average molecular weight is 319 g/mol. The van der Waals surface area contributed by atoms with Crippen LogP contribution in [0, 0.1) is 0 Å². The maximum atomic E-state index is 12.5. The highest BCUT2D eigenvalue weighted by Gasteiger charge is 2.36. The third-order valence-corrected chi connectivity index (χ3v) is 5.69. The summed E-state index contributed by atoms with van der Waals surface area (Å²) in [4.78, 5) is 14.3. The van der Waals surface area contributed by atoms with Gasteiger partial charge in [0, 0.05) is 25.2 Å². The molecule has 19 heavy (non-hydrogen) atoms. The minimum atomic E-state index is -0.0144. The lowest BCUT2D eigenvalue weighted by Gasteiger charge is -2.35. The second-order valence-corrected chi connectivity index (χ2v) is 7.70. The molecule has 1 N–H and O–H groups in total. The number of nitrogens with one attached hydrogen (secondary N) is 1. The van der Waals surface area contributed by atoms with Crippen LogP contribution in [0.5, 0.6) is 0 Å². The van der Waals surface area contributed by atoms with Crippen LogP contribution in [-0.2, 0) is 0 Å². The first-order valence-corrected chi connectivity index (χ1v) is 8.10. The predicted octanol–water partition coefficient (Wildman–Crippen LogP) is 3.41. The number of fused-ring (bicyclic) bond motifs is 2.